The van der Waals surface area contributed by atoms with Gasteiger partial charge in [-0.15, -0.1) is 0 Å². The first-order valence-corrected chi connectivity index (χ1v) is 7.42. The Kier molecular flexibility index (Phi) is 5.61. The van der Waals surface area contributed by atoms with Crippen LogP contribution in [-0.2, 0) is 11.3 Å². The fraction of sp³-hybridized carbons (Fsp3) is 0.133. The van der Waals surface area contributed by atoms with Crippen LogP contribution in [0.25, 0.3) is 0 Å². The normalized spacial score (nSPS) is 10.2. The molecule has 0 aliphatic heterocycles. The molecule has 0 saturated heterocycles. The van der Waals surface area contributed by atoms with E-state index in [1.807, 2.05) is 6.07 Å². The molecule has 6 heteroatoms. The predicted octanol–water partition coefficient (Wildman–Crippen LogP) is 3.58. The summed E-state index contributed by atoms with van der Waals surface area (Å²) < 4.78 is 6.37. The SMILES string of the molecule is NCc1cc(OCC(=O)Nc2ccc(Cl)cc2)ccc1Br. The summed E-state index contributed by atoms with van der Waals surface area (Å²) in [5, 5.41) is 3.34. The van der Waals surface area contributed by atoms with Crippen molar-refractivity contribution in [2.24, 2.45) is 5.73 Å². The molecular weight excluding hydrogens is 356 g/mol. The van der Waals surface area contributed by atoms with Gasteiger partial charge in [0.15, 0.2) is 6.61 Å². The summed E-state index contributed by atoms with van der Waals surface area (Å²) in [6.07, 6.45) is 0. The average molecular weight is 370 g/mol. The lowest BCUT2D eigenvalue weighted by Gasteiger charge is -2.09. The third-order valence-corrected chi connectivity index (χ3v) is 3.76. The molecule has 4 nitrogen and oxygen atoms in total. The Hall–Kier alpha value is -1.56. The molecule has 0 saturated carbocycles. The Balaban J connectivity index is 1.90. The Labute approximate surface area is 136 Å². The molecule has 0 radical (unpaired) electrons. The molecule has 21 heavy (non-hydrogen) atoms. The second kappa shape index (κ2) is 7.45. The van der Waals surface area contributed by atoms with E-state index in [2.05, 4.69) is 21.2 Å². The van der Waals surface area contributed by atoms with Crippen LogP contribution in [-0.4, -0.2) is 12.5 Å². The van der Waals surface area contributed by atoms with E-state index in [4.69, 9.17) is 22.1 Å². The summed E-state index contributed by atoms with van der Waals surface area (Å²) in [6, 6.07) is 12.3. The minimum absolute atomic E-state index is 0.0751. The van der Waals surface area contributed by atoms with E-state index in [1.165, 1.54) is 0 Å². The van der Waals surface area contributed by atoms with Crippen molar-refractivity contribution in [3.8, 4) is 5.75 Å². The molecule has 0 bridgehead atoms. The molecule has 0 fully saturated rings. The van der Waals surface area contributed by atoms with Crippen LogP contribution in [0.4, 0.5) is 5.69 Å². The highest BCUT2D eigenvalue weighted by Crippen LogP contribution is 2.22. The van der Waals surface area contributed by atoms with Crippen LogP contribution >= 0.6 is 27.5 Å². The summed E-state index contributed by atoms with van der Waals surface area (Å²) in [4.78, 5) is 11.8. The zero-order chi connectivity index (χ0) is 15.2. The largest absolute Gasteiger partial charge is 0.484 e. The maximum atomic E-state index is 11.8. The van der Waals surface area contributed by atoms with Crippen LogP contribution in [0.2, 0.25) is 5.02 Å². The third kappa shape index (κ3) is 4.74. The fourth-order valence-corrected chi connectivity index (χ4v) is 2.21. The first-order chi connectivity index (χ1) is 10.1. The number of benzene rings is 2. The molecule has 2 aromatic carbocycles. The molecule has 0 aliphatic carbocycles. The van der Waals surface area contributed by atoms with Crippen molar-refractivity contribution in [1.82, 2.24) is 0 Å². The maximum Gasteiger partial charge on any atom is 0.262 e. The molecule has 2 aromatic rings. The van der Waals surface area contributed by atoms with Crippen molar-refractivity contribution in [1.29, 1.82) is 0 Å². The number of nitrogens with two attached hydrogens (primary N) is 1. The average Bonchev–Trinajstić information content (AvgIpc) is 2.49. The first-order valence-electron chi connectivity index (χ1n) is 6.25. The summed E-state index contributed by atoms with van der Waals surface area (Å²) in [5.74, 6) is 0.361. The third-order valence-electron chi connectivity index (χ3n) is 2.74. The number of rotatable bonds is 5. The van der Waals surface area contributed by atoms with Crippen molar-refractivity contribution < 1.29 is 9.53 Å². The Morgan fingerprint density at radius 2 is 1.95 bits per heavy atom. The van der Waals surface area contributed by atoms with Gasteiger partial charge in [0, 0.05) is 21.7 Å². The second-order valence-corrected chi connectivity index (χ2v) is 5.59. The Morgan fingerprint density at radius 1 is 1.24 bits per heavy atom. The first kappa shape index (κ1) is 15.8. The molecule has 0 aromatic heterocycles. The summed E-state index contributed by atoms with van der Waals surface area (Å²) in [7, 11) is 0. The smallest absolute Gasteiger partial charge is 0.262 e. The molecule has 110 valence electrons. The molecule has 0 atom stereocenters. The topological polar surface area (TPSA) is 64.3 Å². The van der Waals surface area contributed by atoms with Gasteiger partial charge in [0.05, 0.1) is 0 Å². The van der Waals surface area contributed by atoms with Gasteiger partial charge in [-0.1, -0.05) is 27.5 Å². The lowest BCUT2D eigenvalue weighted by Crippen LogP contribution is -2.20. The van der Waals surface area contributed by atoms with Gasteiger partial charge in [-0.2, -0.15) is 0 Å². The Morgan fingerprint density at radius 3 is 2.62 bits per heavy atom. The van der Waals surface area contributed by atoms with E-state index in [0.717, 1.165) is 10.0 Å². The lowest BCUT2D eigenvalue weighted by molar-refractivity contribution is -0.118. The van der Waals surface area contributed by atoms with Gasteiger partial charge >= 0.3 is 0 Å². The fourth-order valence-electron chi connectivity index (χ4n) is 1.68. The highest BCUT2D eigenvalue weighted by atomic mass is 79.9. The van der Waals surface area contributed by atoms with Gasteiger partial charge < -0.3 is 15.8 Å². The van der Waals surface area contributed by atoms with Crippen molar-refractivity contribution in [3.63, 3.8) is 0 Å². The van der Waals surface area contributed by atoms with Crippen LogP contribution in [0.5, 0.6) is 5.75 Å². The molecule has 0 heterocycles. The number of carbonyl (C=O) groups is 1. The summed E-state index contributed by atoms with van der Waals surface area (Å²) >= 11 is 9.17. The zero-order valence-corrected chi connectivity index (χ0v) is 13.4. The zero-order valence-electron chi connectivity index (χ0n) is 11.1. The minimum Gasteiger partial charge on any atom is -0.484 e. The lowest BCUT2D eigenvalue weighted by atomic mass is 10.2. The number of carbonyl (C=O) groups excluding carboxylic acids is 1. The monoisotopic (exact) mass is 368 g/mol. The van der Waals surface area contributed by atoms with Gasteiger partial charge in [0.1, 0.15) is 5.75 Å². The number of halogens is 2. The van der Waals surface area contributed by atoms with Crippen molar-refractivity contribution in [2.45, 2.75) is 6.54 Å². The van der Waals surface area contributed by atoms with Crippen molar-refractivity contribution in [3.05, 3.63) is 57.5 Å². The molecular formula is C15H14BrClN2O2. The van der Waals surface area contributed by atoms with Crippen LogP contribution in [0.15, 0.2) is 46.9 Å². The van der Waals surface area contributed by atoms with Gasteiger partial charge in [-0.25, -0.2) is 0 Å². The number of hydrogen-bond donors (Lipinski definition) is 2. The van der Waals surface area contributed by atoms with Crippen molar-refractivity contribution >= 4 is 39.1 Å². The van der Waals surface area contributed by atoms with Gasteiger partial charge in [-0.3, -0.25) is 4.79 Å². The van der Waals surface area contributed by atoms with Crippen LogP contribution in [0, 0.1) is 0 Å². The van der Waals surface area contributed by atoms with E-state index in [-0.39, 0.29) is 12.5 Å². The van der Waals surface area contributed by atoms with E-state index in [0.29, 0.717) is 23.0 Å². The quantitative estimate of drug-likeness (QED) is 0.846. The molecule has 2 rings (SSSR count). The maximum absolute atomic E-state index is 11.8. The highest BCUT2D eigenvalue weighted by Gasteiger charge is 2.05. The van der Waals surface area contributed by atoms with Crippen LogP contribution < -0.4 is 15.8 Å². The van der Waals surface area contributed by atoms with Gasteiger partial charge in [0.25, 0.3) is 5.91 Å². The molecule has 1 amide bonds. The molecule has 0 spiro atoms. The van der Waals surface area contributed by atoms with E-state index in [1.54, 1.807) is 36.4 Å². The summed E-state index contributed by atoms with van der Waals surface area (Å²) in [6.45, 7) is 0.322. The van der Waals surface area contributed by atoms with Crippen molar-refractivity contribution in [2.75, 3.05) is 11.9 Å². The number of hydrogen-bond acceptors (Lipinski definition) is 3. The molecule has 0 unspecified atom stereocenters. The second-order valence-electron chi connectivity index (χ2n) is 4.30. The number of amides is 1. The molecule has 3 N–H and O–H groups in total. The van der Waals surface area contributed by atoms with Crippen LogP contribution in [0.3, 0.4) is 0 Å². The Bertz CT molecular complexity index is 632. The standard InChI is InChI=1S/C15H14BrClN2O2/c16-14-6-5-13(7-10(14)8-18)21-9-15(20)19-12-3-1-11(17)2-4-12/h1-7H,8-9,18H2,(H,19,20). The highest BCUT2D eigenvalue weighted by molar-refractivity contribution is 9.10. The van der Waals surface area contributed by atoms with Crippen LogP contribution in [0.1, 0.15) is 5.56 Å². The molecule has 0 aliphatic rings. The minimum atomic E-state index is -0.241. The van der Waals surface area contributed by atoms with Gasteiger partial charge in [-0.05, 0) is 48.0 Å². The van der Waals surface area contributed by atoms with E-state index in [9.17, 15) is 4.79 Å². The predicted molar refractivity (Wildman–Crippen MR) is 87.6 cm³/mol. The summed E-state index contributed by atoms with van der Waals surface area (Å²) in [5.41, 5.74) is 7.21. The number of anilines is 1. The van der Waals surface area contributed by atoms with Gasteiger partial charge in [0.2, 0.25) is 0 Å². The number of nitrogens with one attached hydrogen (secondary N) is 1. The van der Waals surface area contributed by atoms with E-state index < -0.39 is 0 Å². The number of ether oxygens (including phenoxy) is 1. The van der Waals surface area contributed by atoms with E-state index >= 15 is 0 Å².